The van der Waals surface area contributed by atoms with Gasteiger partial charge in [0.2, 0.25) is 0 Å². The van der Waals surface area contributed by atoms with Crippen molar-refractivity contribution < 1.29 is 4.79 Å². The lowest BCUT2D eigenvalue weighted by molar-refractivity contribution is -0.0979. The molecule has 2 heterocycles. The monoisotopic (exact) mass is 214 g/mol. The molecule has 0 aromatic heterocycles. The normalized spacial score (nSPS) is 20.5. The van der Waals surface area contributed by atoms with Crippen molar-refractivity contribution in [3.8, 4) is 0 Å². The lowest BCUT2D eigenvalue weighted by Gasteiger charge is -2.25. The highest BCUT2D eigenvalue weighted by Gasteiger charge is 2.15. The number of nitrogens with one attached hydrogen (secondary N) is 2. The molecule has 0 aromatic carbocycles. The molecule has 3 heteroatoms. The molecule has 2 N–H and O–H groups in total. The molecule has 2 fully saturated rings. The molecule has 0 bridgehead atoms. The molecule has 0 amide bonds. The highest BCUT2D eigenvalue weighted by atomic mass is 16.1. The van der Waals surface area contributed by atoms with Crippen molar-refractivity contribution in [2.24, 2.45) is 11.8 Å². The number of piperidine rings is 1. The van der Waals surface area contributed by atoms with Gasteiger partial charge in [-0.3, -0.25) is 0 Å². The first-order chi connectivity index (χ1) is 7.30. The molecule has 0 spiro atoms. The van der Waals surface area contributed by atoms with Gasteiger partial charge in [0, 0.05) is 0 Å². The Bertz CT molecular complexity index is 126. The maximum atomic E-state index is 8.00. The van der Waals surface area contributed by atoms with Crippen LogP contribution in [0.5, 0.6) is 0 Å². The Morgan fingerprint density at radius 3 is 1.60 bits per heavy atom. The van der Waals surface area contributed by atoms with E-state index in [-0.39, 0.29) is 0 Å². The predicted octanol–water partition coefficient (Wildman–Crippen LogP) is 1.44. The van der Waals surface area contributed by atoms with Gasteiger partial charge in [0.25, 0.3) is 0 Å². The van der Waals surface area contributed by atoms with Crippen LogP contribution in [-0.4, -0.2) is 33.0 Å². The van der Waals surface area contributed by atoms with Crippen LogP contribution < -0.4 is 10.6 Å². The minimum absolute atomic E-state index is 0.895. The van der Waals surface area contributed by atoms with E-state index in [1.807, 2.05) is 6.79 Å². The Morgan fingerprint density at radius 1 is 1.00 bits per heavy atom. The summed E-state index contributed by atoms with van der Waals surface area (Å²) in [4.78, 5) is 8.00. The number of rotatable bonds is 1. The van der Waals surface area contributed by atoms with Crippen LogP contribution in [0.15, 0.2) is 0 Å². The summed E-state index contributed by atoms with van der Waals surface area (Å²) >= 11 is 0. The second-order valence-electron chi connectivity index (χ2n) is 4.44. The first kappa shape index (κ1) is 14.6. The van der Waals surface area contributed by atoms with Crippen LogP contribution in [0.1, 0.15) is 33.1 Å². The minimum atomic E-state index is 0.895. The molecule has 15 heavy (non-hydrogen) atoms. The highest BCUT2D eigenvalue weighted by Crippen LogP contribution is 2.20. The molecule has 90 valence electrons. The lowest BCUT2D eigenvalue weighted by atomic mass is 9.87. The van der Waals surface area contributed by atoms with Crippen LogP contribution in [0.25, 0.3) is 0 Å². The van der Waals surface area contributed by atoms with E-state index in [9.17, 15) is 0 Å². The third kappa shape index (κ3) is 7.51. The van der Waals surface area contributed by atoms with Gasteiger partial charge in [0.15, 0.2) is 0 Å². The predicted molar refractivity (Wildman–Crippen MR) is 65.0 cm³/mol. The van der Waals surface area contributed by atoms with E-state index < -0.39 is 0 Å². The zero-order valence-electron chi connectivity index (χ0n) is 10.2. The quantitative estimate of drug-likeness (QED) is 0.694. The fraction of sp³-hybridized carbons (Fsp3) is 0.917. The van der Waals surface area contributed by atoms with Crippen molar-refractivity contribution >= 4 is 6.79 Å². The van der Waals surface area contributed by atoms with Crippen molar-refractivity contribution in [1.29, 1.82) is 0 Å². The number of carbonyl (C=O) groups is 1. The summed E-state index contributed by atoms with van der Waals surface area (Å²) in [5, 5.41) is 6.48. The van der Waals surface area contributed by atoms with Gasteiger partial charge in [0.1, 0.15) is 6.79 Å². The number of carbonyl (C=O) groups excluding carboxylic acids is 1. The van der Waals surface area contributed by atoms with Crippen LogP contribution >= 0.6 is 0 Å². The second-order valence-corrected chi connectivity index (χ2v) is 4.44. The topological polar surface area (TPSA) is 41.1 Å². The van der Waals surface area contributed by atoms with E-state index in [1.165, 1.54) is 45.4 Å². The van der Waals surface area contributed by atoms with Gasteiger partial charge in [-0.25, -0.2) is 0 Å². The van der Waals surface area contributed by atoms with Crippen molar-refractivity contribution in [1.82, 2.24) is 10.6 Å². The smallest absolute Gasteiger partial charge is 0.106 e. The van der Waals surface area contributed by atoms with E-state index in [1.54, 1.807) is 0 Å². The molecular weight excluding hydrogens is 188 g/mol. The molecule has 0 aromatic rings. The molecule has 2 saturated heterocycles. The Kier molecular flexibility index (Phi) is 9.84. The summed E-state index contributed by atoms with van der Waals surface area (Å²) in [6.45, 7) is 11.6. The van der Waals surface area contributed by atoms with Crippen molar-refractivity contribution in [2.75, 3.05) is 26.2 Å². The Labute approximate surface area is 94.0 Å². The molecular formula is C12H26N2O. The average Bonchev–Trinajstić information content (AvgIpc) is 2.20. The highest BCUT2D eigenvalue weighted by molar-refractivity contribution is 5.10. The summed E-state index contributed by atoms with van der Waals surface area (Å²) in [7, 11) is 0. The Hall–Kier alpha value is -0.410. The van der Waals surface area contributed by atoms with Crippen LogP contribution in [0, 0.1) is 11.8 Å². The molecule has 2 aliphatic rings. The maximum Gasteiger partial charge on any atom is 0.106 e. The fourth-order valence-corrected chi connectivity index (χ4v) is 1.69. The first-order valence-corrected chi connectivity index (χ1v) is 6.01. The second kappa shape index (κ2) is 10.1. The van der Waals surface area contributed by atoms with Gasteiger partial charge in [-0.2, -0.15) is 0 Å². The molecule has 0 saturated carbocycles. The van der Waals surface area contributed by atoms with Gasteiger partial charge >= 0.3 is 0 Å². The standard InChI is InChI=1S/C8H17N.C3H7N.CH2O/c1-7(2)8-3-5-9-6-4-8;1-2-4-3-1;1-2/h7-9H,3-6H2,1-2H3;4H,1-3H2;1H2. The van der Waals surface area contributed by atoms with Crippen molar-refractivity contribution in [2.45, 2.75) is 33.1 Å². The van der Waals surface area contributed by atoms with Crippen LogP contribution in [0.2, 0.25) is 0 Å². The van der Waals surface area contributed by atoms with E-state index in [2.05, 4.69) is 24.5 Å². The largest absolute Gasteiger partial charge is 0.317 e. The van der Waals surface area contributed by atoms with E-state index >= 15 is 0 Å². The van der Waals surface area contributed by atoms with Crippen LogP contribution in [0.3, 0.4) is 0 Å². The van der Waals surface area contributed by atoms with E-state index in [0.29, 0.717) is 0 Å². The van der Waals surface area contributed by atoms with Crippen molar-refractivity contribution in [3.05, 3.63) is 0 Å². The third-order valence-corrected chi connectivity index (χ3v) is 3.03. The maximum absolute atomic E-state index is 8.00. The van der Waals surface area contributed by atoms with Gasteiger partial charge < -0.3 is 15.4 Å². The minimum Gasteiger partial charge on any atom is -0.317 e. The molecule has 3 nitrogen and oxygen atoms in total. The van der Waals surface area contributed by atoms with E-state index in [4.69, 9.17) is 4.79 Å². The Balaban J connectivity index is 0.000000272. The van der Waals surface area contributed by atoms with Crippen LogP contribution in [0.4, 0.5) is 0 Å². The Morgan fingerprint density at radius 2 is 1.40 bits per heavy atom. The summed E-state index contributed by atoms with van der Waals surface area (Å²) in [5.74, 6) is 1.89. The summed E-state index contributed by atoms with van der Waals surface area (Å²) in [5.41, 5.74) is 0. The van der Waals surface area contributed by atoms with Gasteiger partial charge in [0.05, 0.1) is 0 Å². The van der Waals surface area contributed by atoms with Gasteiger partial charge in [-0.05, 0) is 57.3 Å². The van der Waals surface area contributed by atoms with Gasteiger partial charge in [-0.15, -0.1) is 0 Å². The fourth-order valence-electron chi connectivity index (χ4n) is 1.69. The van der Waals surface area contributed by atoms with Crippen LogP contribution in [-0.2, 0) is 4.79 Å². The molecule has 0 radical (unpaired) electrons. The number of hydrogen-bond acceptors (Lipinski definition) is 3. The summed E-state index contributed by atoms with van der Waals surface area (Å²) in [6.07, 6.45) is 4.16. The molecule has 2 aliphatic heterocycles. The number of hydrogen-bond donors (Lipinski definition) is 2. The first-order valence-electron chi connectivity index (χ1n) is 6.01. The molecule has 0 atom stereocenters. The SMILES string of the molecule is C1CNC1.C=O.CC(C)C1CCNCC1. The molecule has 0 aliphatic carbocycles. The molecule has 2 rings (SSSR count). The molecule has 0 unspecified atom stereocenters. The van der Waals surface area contributed by atoms with E-state index in [0.717, 1.165) is 11.8 Å². The summed E-state index contributed by atoms with van der Waals surface area (Å²) < 4.78 is 0. The zero-order valence-corrected chi connectivity index (χ0v) is 10.2. The zero-order chi connectivity index (χ0) is 11.5. The van der Waals surface area contributed by atoms with Gasteiger partial charge in [-0.1, -0.05) is 13.8 Å². The average molecular weight is 214 g/mol. The van der Waals surface area contributed by atoms with Crippen molar-refractivity contribution in [3.63, 3.8) is 0 Å². The lowest BCUT2D eigenvalue weighted by Crippen LogP contribution is -2.29. The summed E-state index contributed by atoms with van der Waals surface area (Å²) in [6, 6.07) is 0. The third-order valence-electron chi connectivity index (χ3n) is 3.03.